The number of aromatic nitrogens is 2. The molecule has 0 saturated carbocycles. The molecular weight excluding hydrogens is 232 g/mol. The molecule has 0 bridgehead atoms. The van der Waals surface area contributed by atoms with E-state index in [0.717, 1.165) is 19.4 Å². The molecule has 1 amide bonds. The van der Waals surface area contributed by atoms with E-state index in [1.165, 1.54) is 10.9 Å². The lowest BCUT2D eigenvalue weighted by Crippen LogP contribution is -2.34. The van der Waals surface area contributed by atoms with Crippen molar-refractivity contribution in [2.75, 3.05) is 18.9 Å². The Hall–Kier alpha value is -1.56. The Balaban J connectivity index is 1.93. The number of nitrogens with zero attached hydrogens (tertiary/aromatic N) is 2. The molecule has 2 atom stereocenters. The molecule has 0 aliphatic carbocycles. The van der Waals surface area contributed by atoms with Crippen LogP contribution in [-0.4, -0.2) is 34.9 Å². The third-order valence-electron chi connectivity index (χ3n) is 3.46. The van der Waals surface area contributed by atoms with Crippen LogP contribution < -0.4 is 11.1 Å². The van der Waals surface area contributed by atoms with Crippen molar-refractivity contribution in [3.8, 4) is 0 Å². The Morgan fingerprint density at radius 1 is 1.72 bits per heavy atom. The van der Waals surface area contributed by atoms with Crippen molar-refractivity contribution in [3.05, 3.63) is 11.9 Å². The normalized spacial score (nSPS) is 23.2. The van der Waals surface area contributed by atoms with Gasteiger partial charge in [0.05, 0.1) is 18.0 Å². The van der Waals surface area contributed by atoms with Gasteiger partial charge in [0.2, 0.25) is 0 Å². The summed E-state index contributed by atoms with van der Waals surface area (Å²) in [5, 5.41) is 6.87. The minimum atomic E-state index is -0.172. The average Bonchev–Trinajstić information content (AvgIpc) is 2.93. The van der Waals surface area contributed by atoms with Gasteiger partial charge in [0, 0.05) is 26.1 Å². The number of ether oxygens (including phenoxy) is 1. The Labute approximate surface area is 106 Å². The van der Waals surface area contributed by atoms with Crippen molar-refractivity contribution in [3.63, 3.8) is 0 Å². The van der Waals surface area contributed by atoms with Crippen molar-refractivity contribution in [1.82, 2.24) is 15.1 Å². The molecule has 1 aromatic heterocycles. The van der Waals surface area contributed by atoms with Crippen molar-refractivity contribution < 1.29 is 9.53 Å². The summed E-state index contributed by atoms with van der Waals surface area (Å²) in [6, 6.07) is 0. The number of amides is 1. The van der Waals surface area contributed by atoms with Crippen LogP contribution in [0.15, 0.2) is 6.20 Å². The summed E-state index contributed by atoms with van der Waals surface area (Å²) in [6.45, 7) is 3.51. The number of nitrogens with one attached hydrogen (secondary N) is 1. The molecule has 1 saturated heterocycles. The van der Waals surface area contributed by atoms with Gasteiger partial charge in [-0.3, -0.25) is 9.48 Å². The molecule has 0 aromatic carbocycles. The quantitative estimate of drug-likeness (QED) is 0.819. The van der Waals surface area contributed by atoms with Crippen molar-refractivity contribution >= 4 is 11.6 Å². The molecule has 6 nitrogen and oxygen atoms in total. The van der Waals surface area contributed by atoms with E-state index in [9.17, 15) is 4.79 Å². The van der Waals surface area contributed by atoms with E-state index in [2.05, 4.69) is 17.3 Å². The zero-order chi connectivity index (χ0) is 13.1. The van der Waals surface area contributed by atoms with Crippen LogP contribution in [0.3, 0.4) is 0 Å². The Kier molecular flexibility index (Phi) is 3.86. The molecule has 18 heavy (non-hydrogen) atoms. The topological polar surface area (TPSA) is 82.2 Å². The van der Waals surface area contributed by atoms with Crippen LogP contribution in [0.2, 0.25) is 0 Å². The fourth-order valence-corrected chi connectivity index (χ4v) is 2.42. The maximum Gasteiger partial charge on any atom is 0.271 e. The second-order valence-corrected chi connectivity index (χ2v) is 4.65. The summed E-state index contributed by atoms with van der Waals surface area (Å²) >= 11 is 0. The number of nitrogen functional groups attached to an aromatic ring is 1. The molecule has 1 aromatic rings. The Bertz CT molecular complexity index is 410. The van der Waals surface area contributed by atoms with E-state index in [1.54, 1.807) is 7.05 Å². The highest BCUT2D eigenvalue weighted by molar-refractivity contribution is 5.97. The lowest BCUT2D eigenvalue weighted by Gasteiger charge is -2.17. The fourth-order valence-electron chi connectivity index (χ4n) is 2.42. The average molecular weight is 252 g/mol. The van der Waals surface area contributed by atoms with Gasteiger partial charge in [0.25, 0.3) is 5.91 Å². The molecule has 1 aliphatic rings. The second-order valence-electron chi connectivity index (χ2n) is 4.65. The highest BCUT2D eigenvalue weighted by atomic mass is 16.5. The van der Waals surface area contributed by atoms with E-state index in [-0.39, 0.29) is 12.0 Å². The zero-order valence-corrected chi connectivity index (χ0v) is 10.8. The molecule has 1 fully saturated rings. The summed E-state index contributed by atoms with van der Waals surface area (Å²) in [6.07, 6.45) is 3.73. The van der Waals surface area contributed by atoms with Gasteiger partial charge in [-0.05, 0) is 12.8 Å². The SMILES string of the molecule is CCC1OCCC1CNC(=O)c1c(N)cnn1C. The smallest absolute Gasteiger partial charge is 0.271 e. The molecule has 2 unspecified atom stereocenters. The highest BCUT2D eigenvalue weighted by Gasteiger charge is 2.27. The molecule has 2 rings (SSSR count). The summed E-state index contributed by atoms with van der Waals surface area (Å²) in [4.78, 5) is 12.0. The molecule has 6 heteroatoms. The molecule has 3 N–H and O–H groups in total. The van der Waals surface area contributed by atoms with Gasteiger partial charge in [-0.25, -0.2) is 0 Å². The van der Waals surface area contributed by atoms with Crippen LogP contribution in [0.5, 0.6) is 0 Å². The first kappa shape index (κ1) is 12.9. The van der Waals surface area contributed by atoms with Crippen LogP contribution in [0, 0.1) is 5.92 Å². The third kappa shape index (κ3) is 2.48. The largest absolute Gasteiger partial charge is 0.396 e. The molecule has 1 aliphatic heterocycles. The molecule has 100 valence electrons. The predicted molar refractivity (Wildman–Crippen MR) is 68.1 cm³/mol. The lowest BCUT2D eigenvalue weighted by atomic mass is 10.00. The van der Waals surface area contributed by atoms with Gasteiger partial charge in [-0.15, -0.1) is 0 Å². The van der Waals surface area contributed by atoms with E-state index < -0.39 is 0 Å². The molecular formula is C12H20N4O2. The van der Waals surface area contributed by atoms with E-state index in [4.69, 9.17) is 10.5 Å². The Morgan fingerprint density at radius 3 is 3.11 bits per heavy atom. The van der Waals surface area contributed by atoms with Crippen LogP contribution in [0.1, 0.15) is 30.3 Å². The van der Waals surface area contributed by atoms with Crippen LogP contribution >= 0.6 is 0 Å². The molecule has 0 spiro atoms. The van der Waals surface area contributed by atoms with Gasteiger partial charge < -0.3 is 15.8 Å². The van der Waals surface area contributed by atoms with E-state index in [0.29, 0.717) is 23.8 Å². The summed E-state index contributed by atoms with van der Waals surface area (Å²) in [7, 11) is 1.71. The minimum Gasteiger partial charge on any atom is -0.396 e. The monoisotopic (exact) mass is 252 g/mol. The van der Waals surface area contributed by atoms with Gasteiger partial charge in [-0.1, -0.05) is 6.92 Å². The summed E-state index contributed by atoms with van der Waals surface area (Å²) < 4.78 is 7.08. The maximum atomic E-state index is 12.0. The number of carbonyl (C=O) groups excluding carboxylic acids is 1. The number of aryl methyl sites for hydroxylation is 1. The van der Waals surface area contributed by atoms with Crippen molar-refractivity contribution in [1.29, 1.82) is 0 Å². The number of anilines is 1. The first-order chi connectivity index (χ1) is 8.63. The van der Waals surface area contributed by atoms with Gasteiger partial charge in [0.15, 0.2) is 0 Å². The number of rotatable bonds is 4. The van der Waals surface area contributed by atoms with Gasteiger partial charge >= 0.3 is 0 Å². The number of nitrogens with two attached hydrogens (primary N) is 1. The third-order valence-corrected chi connectivity index (χ3v) is 3.46. The standard InChI is InChI=1S/C12H20N4O2/c1-3-10-8(4-5-18-10)6-14-12(17)11-9(13)7-15-16(11)2/h7-8,10H,3-6,13H2,1-2H3,(H,14,17). The minimum absolute atomic E-state index is 0.172. The summed E-state index contributed by atoms with van der Waals surface area (Å²) in [5.74, 6) is 0.225. The lowest BCUT2D eigenvalue weighted by molar-refractivity contribution is 0.0823. The Morgan fingerprint density at radius 2 is 2.50 bits per heavy atom. The van der Waals surface area contributed by atoms with Crippen LogP contribution in [0.25, 0.3) is 0 Å². The first-order valence-electron chi connectivity index (χ1n) is 6.30. The van der Waals surface area contributed by atoms with Crippen molar-refractivity contribution in [2.45, 2.75) is 25.9 Å². The number of carbonyl (C=O) groups is 1. The van der Waals surface area contributed by atoms with Gasteiger partial charge in [-0.2, -0.15) is 5.10 Å². The summed E-state index contributed by atoms with van der Waals surface area (Å²) in [5.41, 5.74) is 6.54. The van der Waals surface area contributed by atoms with Gasteiger partial charge in [0.1, 0.15) is 5.69 Å². The van der Waals surface area contributed by atoms with E-state index in [1.807, 2.05) is 0 Å². The molecule has 2 heterocycles. The maximum absolute atomic E-state index is 12.0. The van der Waals surface area contributed by atoms with Crippen molar-refractivity contribution in [2.24, 2.45) is 13.0 Å². The first-order valence-corrected chi connectivity index (χ1v) is 6.30. The second kappa shape index (κ2) is 5.39. The number of hydrogen-bond acceptors (Lipinski definition) is 4. The van der Waals surface area contributed by atoms with Crippen LogP contribution in [0.4, 0.5) is 5.69 Å². The predicted octanol–water partition coefficient (Wildman–Crippen LogP) is 0.547. The fraction of sp³-hybridized carbons (Fsp3) is 0.667. The van der Waals surface area contributed by atoms with Crippen LogP contribution in [-0.2, 0) is 11.8 Å². The number of hydrogen-bond donors (Lipinski definition) is 2. The zero-order valence-electron chi connectivity index (χ0n) is 10.8. The molecule has 0 radical (unpaired) electrons. The highest BCUT2D eigenvalue weighted by Crippen LogP contribution is 2.22. The van der Waals surface area contributed by atoms with E-state index >= 15 is 0 Å².